The molecule has 0 aromatic heterocycles. The van der Waals surface area contributed by atoms with Gasteiger partial charge in [-0.1, -0.05) is 12.2 Å². The zero-order valence-corrected chi connectivity index (χ0v) is 8.65. The number of alkyl halides is 1. The predicted molar refractivity (Wildman–Crippen MR) is 54.5 cm³/mol. The Morgan fingerprint density at radius 3 is 2.69 bits per heavy atom. The van der Waals surface area contributed by atoms with Crippen molar-refractivity contribution in [2.75, 3.05) is 7.05 Å². The Hall–Kier alpha value is -0.370. The molecule has 0 aromatic carbocycles. The van der Waals surface area contributed by atoms with Crippen LogP contribution in [0, 0.1) is 5.92 Å². The summed E-state index contributed by atoms with van der Waals surface area (Å²) in [5.41, 5.74) is 1.20. The van der Waals surface area contributed by atoms with E-state index in [9.17, 15) is 4.39 Å². The first-order valence-corrected chi connectivity index (χ1v) is 5.12. The highest BCUT2D eigenvalue weighted by molar-refractivity contribution is 4.99. The van der Waals surface area contributed by atoms with Gasteiger partial charge in [-0.2, -0.15) is 0 Å². The van der Waals surface area contributed by atoms with E-state index in [1.807, 2.05) is 7.05 Å². The van der Waals surface area contributed by atoms with Gasteiger partial charge in [0.2, 0.25) is 0 Å². The maximum atomic E-state index is 13.5. The molecule has 1 fully saturated rings. The fourth-order valence-corrected chi connectivity index (χ4v) is 2.08. The monoisotopic (exact) mass is 185 g/mol. The highest BCUT2D eigenvalue weighted by atomic mass is 19.1. The van der Waals surface area contributed by atoms with Gasteiger partial charge in [-0.05, 0) is 45.6 Å². The molecule has 0 aliphatic heterocycles. The summed E-state index contributed by atoms with van der Waals surface area (Å²) in [6.45, 7) is 6.02. The first kappa shape index (κ1) is 10.7. The van der Waals surface area contributed by atoms with Crippen molar-refractivity contribution < 1.29 is 4.39 Å². The molecule has 1 rings (SSSR count). The molecule has 1 saturated carbocycles. The minimum absolute atomic E-state index is 0.0317. The highest BCUT2D eigenvalue weighted by Gasteiger charge is 2.26. The SMILES string of the molecule is C=C(C)C1CCCC(F)C(NC)C1. The summed E-state index contributed by atoms with van der Waals surface area (Å²) in [5.74, 6) is 0.512. The fourth-order valence-electron chi connectivity index (χ4n) is 2.08. The van der Waals surface area contributed by atoms with Crippen LogP contribution in [0.15, 0.2) is 12.2 Å². The van der Waals surface area contributed by atoms with Crippen molar-refractivity contribution in [1.29, 1.82) is 0 Å². The van der Waals surface area contributed by atoms with E-state index in [1.165, 1.54) is 5.57 Å². The summed E-state index contributed by atoms with van der Waals surface area (Å²) in [4.78, 5) is 0. The van der Waals surface area contributed by atoms with Crippen LogP contribution in [-0.4, -0.2) is 19.3 Å². The Morgan fingerprint density at radius 1 is 1.46 bits per heavy atom. The van der Waals surface area contributed by atoms with Crippen molar-refractivity contribution in [3.05, 3.63) is 12.2 Å². The molecule has 3 unspecified atom stereocenters. The molecule has 13 heavy (non-hydrogen) atoms. The van der Waals surface area contributed by atoms with Gasteiger partial charge < -0.3 is 5.32 Å². The molecule has 3 atom stereocenters. The molecular formula is C11H20FN. The lowest BCUT2D eigenvalue weighted by Gasteiger charge is -2.21. The summed E-state index contributed by atoms with van der Waals surface area (Å²) < 4.78 is 13.5. The van der Waals surface area contributed by atoms with E-state index in [0.29, 0.717) is 12.3 Å². The summed E-state index contributed by atoms with van der Waals surface area (Å²) in [6.07, 6.45) is 3.04. The molecule has 0 heterocycles. The Bertz CT molecular complexity index is 179. The molecule has 1 N–H and O–H groups in total. The normalized spacial score (nSPS) is 35.5. The van der Waals surface area contributed by atoms with Crippen molar-refractivity contribution in [2.24, 2.45) is 5.92 Å². The third-order valence-electron chi connectivity index (χ3n) is 3.08. The van der Waals surface area contributed by atoms with Crippen LogP contribution in [-0.2, 0) is 0 Å². The van der Waals surface area contributed by atoms with Gasteiger partial charge in [0.25, 0.3) is 0 Å². The number of hydrogen-bond acceptors (Lipinski definition) is 1. The number of hydrogen-bond donors (Lipinski definition) is 1. The molecule has 0 saturated heterocycles. The summed E-state index contributed by atoms with van der Waals surface area (Å²) in [6, 6.07) is 0.0317. The topological polar surface area (TPSA) is 12.0 Å². The first-order valence-electron chi connectivity index (χ1n) is 5.12. The smallest absolute Gasteiger partial charge is 0.115 e. The number of nitrogens with one attached hydrogen (secondary N) is 1. The Labute approximate surface area is 80.4 Å². The van der Waals surface area contributed by atoms with Crippen molar-refractivity contribution >= 4 is 0 Å². The lowest BCUT2D eigenvalue weighted by Crippen LogP contribution is -2.35. The zero-order valence-electron chi connectivity index (χ0n) is 8.65. The molecule has 1 aliphatic rings. The molecule has 2 heteroatoms. The van der Waals surface area contributed by atoms with E-state index >= 15 is 0 Å². The maximum absolute atomic E-state index is 13.5. The summed E-state index contributed by atoms with van der Waals surface area (Å²) >= 11 is 0. The summed E-state index contributed by atoms with van der Waals surface area (Å²) in [5, 5.41) is 3.06. The van der Waals surface area contributed by atoms with Crippen LogP contribution in [0.3, 0.4) is 0 Å². The van der Waals surface area contributed by atoms with E-state index in [4.69, 9.17) is 0 Å². The van der Waals surface area contributed by atoms with Crippen LogP contribution in [0.4, 0.5) is 4.39 Å². The van der Waals surface area contributed by atoms with Crippen molar-refractivity contribution in [1.82, 2.24) is 5.32 Å². The van der Waals surface area contributed by atoms with Crippen molar-refractivity contribution in [3.63, 3.8) is 0 Å². The van der Waals surface area contributed by atoms with Crippen LogP contribution in [0.2, 0.25) is 0 Å². The zero-order chi connectivity index (χ0) is 9.84. The average molecular weight is 185 g/mol. The molecule has 0 amide bonds. The van der Waals surface area contributed by atoms with Crippen LogP contribution in [0.25, 0.3) is 0 Å². The van der Waals surface area contributed by atoms with Crippen LogP contribution in [0.5, 0.6) is 0 Å². The Morgan fingerprint density at radius 2 is 2.15 bits per heavy atom. The number of allylic oxidation sites excluding steroid dienone is 1. The largest absolute Gasteiger partial charge is 0.314 e. The molecule has 76 valence electrons. The second-order valence-corrected chi connectivity index (χ2v) is 4.12. The van der Waals surface area contributed by atoms with Gasteiger partial charge >= 0.3 is 0 Å². The summed E-state index contributed by atoms with van der Waals surface area (Å²) in [7, 11) is 1.85. The maximum Gasteiger partial charge on any atom is 0.115 e. The molecule has 0 aromatic rings. The Kier molecular flexibility index (Phi) is 3.91. The second-order valence-electron chi connectivity index (χ2n) is 4.12. The predicted octanol–water partition coefficient (Wildman–Crippen LogP) is 2.68. The van der Waals surface area contributed by atoms with Crippen LogP contribution < -0.4 is 5.32 Å². The minimum Gasteiger partial charge on any atom is -0.314 e. The molecule has 1 aliphatic carbocycles. The van der Waals surface area contributed by atoms with Gasteiger partial charge in [-0.25, -0.2) is 4.39 Å². The van der Waals surface area contributed by atoms with Gasteiger partial charge in [0.05, 0.1) is 0 Å². The van der Waals surface area contributed by atoms with E-state index < -0.39 is 6.17 Å². The van der Waals surface area contributed by atoms with E-state index in [0.717, 1.165) is 19.3 Å². The van der Waals surface area contributed by atoms with Crippen molar-refractivity contribution in [3.8, 4) is 0 Å². The fraction of sp³-hybridized carbons (Fsp3) is 0.818. The average Bonchev–Trinajstić information content (AvgIpc) is 2.27. The van der Waals surface area contributed by atoms with Crippen molar-refractivity contribution in [2.45, 2.75) is 44.8 Å². The number of halogens is 1. The van der Waals surface area contributed by atoms with Gasteiger partial charge in [0.15, 0.2) is 0 Å². The van der Waals surface area contributed by atoms with E-state index in [1.54, 1.807) is 0 Å². The third kappa shape index (κ3) is 2.80. The molecular weight excluding hydrogens is 165 g/mol. The minimum atomic E-state index is -0.672. The van der Waals surface area contributed by atoms with Crippen LogP contribution in [0.1, 0.15) is 32.6 Å². The van der Waals surface area contributed by atoms with Gasteiger partial charge in [0, 0.05) is 6.04 Å². The molecule has 0 bridgehead atoms. The van der Waals surface area contributed by atoms with E-state index in [2.05, 4.69) is 18.8 Å². The first-order chi connectivity index (χ1) is 6.15. The van der Waals surface area contributed by atoms with Gasteiger partial charge in [-0.3, -0.25) is 0 Å². The van der Waals surface area contributed by atoms with Gasteiger partial charge in [-0.15, -0.1) is 0 Å². The Balaban J connectivity index is 2.58. The lowest BCUT2D eigenvalue weighted by atomic mass is 9.92. The van der Waals surface area contributed by atoms with Gasteiger partial charge in [0.1, 0.15) is 6.17 Å². The van der Waals surface area contributed by atoms with E-state index in [-0.39, 0.29) is 6.04 Å². The highest BCUT2D eigenvalue weighted by Crippen LogP contribution is 2.29. The van der Waals surface area contributed by atoms with Crippen LogP contribution >= 0.6 is 0 Å². The molecule has 0 radical (unpaired) electrons. The number of rotatable bonds is 2. The quantitative estimate of drug-likeness (QED) is 0.515. The lowest BCUT2D eigenvalue weighted by molar-refractivity contribution is 0.239. The molecule has 0 spiro atoms. The molecule has 1 nitrogen and oxygen atoms in total. The third-order valence-corrected chi connectivity index (χ3v) is 3.08. The second kappa shape index (κ2) is 4.75. The standard InChI is InChI=1S/C11H20FN/c1-8(2)9-5-4-6-10(12)11(7-9)13-3/h9-11,13H,1,4-7H2,2-3H3.